The van der Waals surface area contributed by atoms with E-state index in [1.54, 1.807) is 0 Å². The monoisotopic (exact) mass is 409 g/mol. The summed E-state index contributed by atoms with van der Waals surface area (Å²) in [6.07, 6.45) is 2.48. The quantitative estimate of drug-likeness (QED) is 0.658. The summed E-state index contributed by atoms with van der Waals surface area (Å²) in [6, 6.07) is 12.1. The second-order valence-corrected chi connectivity index (χ2v) is 8.42. The van der Waals surface area contributed by atoms with Gasteiger partial charge in [0.1, 0.15) is 0 Å². The zero-order valence-electron chi connectivity index (χ0n) is 18.5. The number of carbonyl (C=O) groups is 2. The molecule has 1 heterocycles. The maximum absolute atomic E-state index is 12.4. The number of benzene rings is 2. The lowest BCUT2D eigenvalue weighted by Gasteiger charge is -2.18. The predicted molar refractivity (Wildman–Crippen MR) is 122 cm³/mol. The van der Waals surface area contributed by atoms with Gasteiger partial charge in [-0.1, -0.05) is 17.7 Å². The molecule has 1 aliphatic rings. The maximum atomic E-state index is 12.4. The minimum atomic E-state index is -0.100. The zero-order chi connectivity index (χ0) is 21.7. The number of nitrogens with one attached hydrogen (secondary N) is 3. The maximum Gasteiger partial charge on any atom is 0.279 e. The van der Waals surface area contributed by atoms with Crippen LogP contribution in [0.25, 0.3) is 0 Å². The van der Waals surface area contributed by atoms with Gasteiger partial charge in [-0.25, -0.2) is 0 Å². The molecule has 1 unspecified atom stereocenters. The van der Waals surface area contributed by atoms with E-state index in [9.17, 15) is 9.59 Å². The Kier molecular flexibility index (Phi) is 7.11. The Labute approximate surface area is 179 Å². The average molecular weight is 410 g/mol. The van der Waals surface area contributed by atoms with E-state index in [1.807, 2.05) is 40.0 Å². The molecule has 3 rings (SSSR count). The lowest BCUT2D eigenvalue weighted by atomic mass is 10.1. The molecule has 6 nitrogen and oxygen atoms in total. The minimum absolute atomic E-state index is 0.0923. The summed E-state index contributed by atoms with van der Waals surface area (Å²) in [4.78, 5) is 28.0. The first-order chi connectivity index (χ1) is 14.3. The standard InChI is InChI=1S/C24H32N4O2/c1-17-13-18(2)24(19(3)14-17)26-23(30)16-27(4)15-22(29)25-20-7-9-21(10-8-20)28-11-5-6-12-28/h7-10,13-14H,5-6,11-12,15-16H2,1-4H3,(H,25,29)(H,26,30)/p+1. The van der Waals surface area contributed by atoms with E-state index in [4.69, 9.17) is 0 Å². The average Bonchev–Trinajstić information content (AvgIpc) is 3.19. The highest BCUT2D eigenvalue weighted by atomic mass is 16.2. The fourth-order valence-electron chi connectivity index (χ4n) is 4.11. The number of amides is 2. The number of quaternary nitrogens is 1. The summed E-state index contributed by atoms with van der Waals surface area (Å²) in [5, 5.41) is 5.92. The molecule has 1 aliphatic heterocycles. The van der Waals surface area contributed by atoms with E-state index in [0.29, 0.717) is 0 Å². The van der Waals surface area contributed by atoms with E-state index in [-0.39, 0.29) is 24.9 Å². The number of hydrogen-bond acceptors (Lipinski definition) is 3. The van der Waals surface area contributed by atoms with Crippen molar-refractivity contribution in [3.05, 3.63) is 53.1 Å². The Morgan fingerprint density at radius 2 is 1.43 bits per heavy atom. The van der Waals surface area contributed by atoms with Crippen LogP contribution in [0.5, 0.6) is 0 Å². The first-order valence-corrected chi connectivity index (χ1v) is 10.7. The number of rotatable bonds is 7. The molecule has 2 aromatic rings. The number of aryl methyl sites for hydroxylation is 3. The van der Waals surface area contributed by atoms with Crippen molar-refractivity contribution in [1.29, 1.82) is 0 Å². The van der Waals surface area contributed by atoms with Gasteiger partial charge in [-0.05, 0) is 69.0 Å². The second-order valence-electron chi connectivity index (χ2n) is 8.42. The zero-order valence-corrected chi connectivity index (χ0v) is 18.5. The molecule has 3 N–H and O–H groups in total. The van der Waals surface area contributed by atoms with Crippen molar-refractivity contribution in [1.82, 2.24) is 0 Å². The Morgan fingerprint density at radius 3 is 2.00 bits per heavy atom. The molecule has 1 atom stereocenters. The summed E-state index contributed by atoms with van der Waals surface area (Å²) in [5.74, 6) is -0.192. The van der Waals surface area contributed by atoms with E-state index in [2.05, 4.69) is 39.8 Å². The number of carbonyl (C=O) groups excluding carboxylic acids is 2. The van der Waals surface area contributed by atoms with E-state index in [1.165, 1.54) is 24.1 Å². The van der Waals surface area contributed by atoms with Crippen molar-refractivity contribution in [3.8, 4) is 0 Å². The van der Waals surface area contributed by atoms with Gasteiger partial charge in [0.2, 0.25) is 0 Å². The third-order valence-electron chi connectivity index (χ3n) is 5.49. The van der Waals surface area contributed by atoms with Crippen molar-refractivity contribution in [2.75, 3.05) is 48.8 Å². The summed E-state index contributed by atoms with van der Waals surface area (Å²) in [7, 11) is 1.85. The fraction of sp³-hybridized carbons (Fsp3) is 0.417. The highest BCUT2D eigenvalue weighted by Gasteiger charge is 2.17. The molecule has 2 amide bonds. The molecule has 0 spiro atoms. The molecular formula is C24H33N4O2+. The van der Waals surface area contributed by atoms with Crippen molar-refractivity contribution in [2.45, 2.75) is 33.6 Å². The van der Waals surface area contributed by atoms with Gasteiger partial charge < -0.3 is 20.4 Å². The molecule has 0 aliphatic carbocycles. The van der Waals surface area contributed by atoms with Crippen molar-refractivity contribution >= 4 is 28.9 Å². The van der Waals surface area contributed by atoms with Crippen LogP contribution in [0.4, 0.5) is 17.1 Å². The van der Waals surface area contributed by atoms with Gasteiger partial charge in [0, 0.05) is 30.2 Å². The Morgan fingerprint density at radius 1 is 0.900 bits per heavy atom. The molecule has 160 valence electrons. The van der Waals surface area contributed by atoms with Crippen LogP contribution in [0, 0.1) is 20.8 Å². The molecule has 1 saturated heterocycles. The number of anilines is 3. The molecule has 0 saturated carbocycles. The topological polar surface area (TPSA) is 65.9 Å². The number of nitrogens with zero attached hydrogens (tertiary/aromatic N) is 1. The van der Waals surface area contributed by atoms with Crippen LogP contribution in [-0.2, 0) is 9.59 Å². The van der Waals surface area contributed by atoms with Gasteiger partial charge in [0.05, 0.1) is 7.05 Å². The third-order valence-corrected chi connectivity index (χ3v) is 5.49. The smallest absolute Gasteiger partial charge is 0.279 e. The molecule has 0 aromatic heterocycles. The molecule has 0 bridgehead atoms. The summed E-state index contributed by atoms with van der Waals surface area (Å²) < 4.78 is 0. The van der Waals surface area contributed by atoms with Gasteiger partial charge >= 0.3 is 0 Å². The van der Waals surface area contributed by atoms with Crippen LogP contribution < -0.4 is 20.4 Å². The van der Waals surface area contributed by atoms with Gasteiger partial charge in [0.15, 0.2) is 13.1 Å². The van der Waals surface area contributed by atoms with E-state index in [0.717, 1.165) is 40.5 Å². The van der Waals surface area contributed by atoms with Crippen LogP contribution in [0.3, 0.4) is 0 Å². The summed E-state index contributed by atoms with van der Waals surface area (Å²) in [6.45, 7) is 8.69. The largest absolute Gasteiger partial charge is 0.372 e. The predicted octanol–water partition coefficient (Wildman–Crippen LogP) is 2.30. The normalized spacial score (nSPS) is 14.5. The lowest BCUT2D eigenvalue weighted by Crippen LogP contribution is -3.11. The fourth-order valence-corrected chi connectivity index (χ4v) is 4.11. The summed E-state index contributed by atoms with van der Waals surface area (Å²) in [5.41, 5.74) is 6.12. The minimum Gasteiger partial charge on any atom is -0.372 e. The van der Waals surface area contributed by atoms with E-state index >= 15 is 0 Å². The number of hydrogen-bond donors (Lipinski definition) is 3. The molecule has 1 fully saturated rings. The molecule has 6 heteroatoms. The highest BCUT2D eigenvalue weighted by molar-refractivity contribution is 5.94. The first kappa shape index (κ1) is 21.8. The van der Waals surface area contributed by atoms with Gasteiger partial charge in [0.25, 0.3) is 11.8 Å². The molecule has 0 radical (unpaired) electrons. The van der Waals surface area contributed by atoms with Crippen LogP contribution in [-0.4, -0.2) is 45.0 Å². The molecule has 2 aromatic carbocycles. The van der Waals surface area contributed by atoms with Crippen LogP contribution in [0.1, 0.15) is 29.5 Å². The lowest BCUT2D eigenvalue weighted by molar-refractivity contribution is -0.862. The van der Waals surface area contributed by atoms with Gasteiger partial charge in [-0.15, -0.1) is 0 Å². The molecule has 30 heavy (non-hydrogen) atoms. The van der Waals surface area contributed by atoms with Crippen molar-refractivity contribution < 1.29 is 14.5 Å². The van der Waals surface area contributed by atoms with Gasteiger partial charge in [-0.3, -0.25) is 9.59 Å². The van der Waals surface area contributed by atoms with Crippen molar-refractivity contribution in [2.24, 2.45) is 0 Å². The summed E-state index contributed by atoms with van der Waals surface area (Å²) >= 11 is 0. The number of likely N-dealkylation sites (N-methyl/N-ethyl adjacent to an activating group) is 1. The SMILES string of the molecule is Cc1cc(C)c(NC(=O)C[NH+](C)CC(=O)Nc2ccc(N3CCCC3)cc2)c(C)c1. The first-order valence-electron chi connectivity index (χ1n) is 10.7. The second kappa shape index (κ2) is 9.76. The Balaban J connectivity index is 1.47. The molecular weight excluding hydrogens is 376 g/mol. The Hall–Kier alpha value is -2.86. The van der Waals surface area contributed by atoms with Crippen LogP contribution in [0.15, 0.2) is 36.4 Å². The van der Waals surface area contributed by atoms with Gasteiger partial charge in [-0.2, -0.15) is 0 Å². The Bertz CT molecular complexity index is 879. The third kappa shape index (κ3) is 5.83. The van der Waals surface area contributed by atoms with Crippen LogP contribution in [0.2, 0.25) is 0 Å². The van der Waals surface area contributed by atoms with Crippen molar-refractivity contribution in [3.63, 3.8) is 0 Å². The highest BCUT2D eigenvalue weighted by Crippen LogP contribution is 2.22. The van der Waals surface area contributed by atoms with Crippen LogP contribution >= 0.6 is 0 Å². The van der Waals surface area contributed by atoms with E-state index < -0.39 is 0 Å².